The van der Waals surface area contributed by atoms with Crippen molar-refractivity contribution in [3.05, 3.63) is 89.4 Å². The molecule has 9 heteroatoms. The highest BCUT2D eigenvalue weighted by Crippen LogP contribution is 2.32. The van der Waals surface area contributed by atoms with Gasteiger partial charge in [-0.2, -0.15) is 18.3 Å². The summed E-state index contributed by atoms with van der Waals surface area (Å²) in [6.45, 7) is 1.62. The summed E-state index contributed by atoms with van der Waals surface area (Å²) in [6, 6.07) is 16.9. The van der Waals surface area contributed by atoms with E-state index in [1.165, 1.54) is 30.5 Å². The third-order valence-electron chi connectivity index (χ3n) is 4.60. The van der Waals surface area contributed by atoms with Crippen molar-refractivity contribution in [2.45, 2.75) is 13.1 Å². The quantitative estimate of drug-likeness (QED) is 0.320. The highest BCUT2D eigenvalue weighted by Gasteiger charge is 2.30. The van der Waals surface area contributed by atoms with Crippen LogP contribution in [0, 0.1) is 6.92 Å². The van der Waals surface area contributed by atoms with E-state index in [1.54, 1.807) is 19.1 Å². The first kappa shape index (κ1) is 21.1. The van der Waals surface area contributed by atoms with Crippen LogP contribution in [0.15, 0.2) is 80.8 Å². The Bertz CT molecular complexity index is 1270. The van der Waals surface area contributed by atoms with E-state index in [2.05, 4.69) is 15.7 Å². The van der Waals surface area contributed by atoms with Gasteiger partial charge in [0.2, 0.25) is 0 Å². The van der Waals surface area contributed by atoms with Crippen molar-refractivity contribution in [3.8, 4) is 22.6 Å². The largest absolute Gasteiger partial charge is 0.455 e. The summed E-state index contributed by atoms with van der Waals surface area (Å²) in [5.74, 6) is 0.304. The molecular formula is C23H16F3N3O3. The van der Waals surface area contributed by atoms with Crippen molar-refractivity contribution >= 4 is 12.1 Å². The molecule has 0 aliphatic heterocycles. The summed E-state index contributed by atoms with van der Waals surface area (Å²) < 4.78 is 49.4. The first-order valence-electron chi connectivity index (χ1n) is 9.45. The van der Waals surface area contributed by atoms with Crippen molar-refractivity contribution in [2.24, 2.45) is 5.10 Å². The van der Waals surface area contributed by atoms with E-state index >= 15 is 0 Å². The fraction of sp³-hybridized carbons (Fsp3) is 0.0870. The number of carbonyl (C=O) groups is 1. The van der Waals surface area contributed by atoms with Gasteiger partial charge in [-0.25, -0.2) is 5.43 Å². The molecule has 4 aromatic rings. The summed E-state index contributed by atoms with van der Waals surface area (Å²) in [7, 11) is 0. The van der Waals surface area contributed by atoms with Gasteiger partial charge in [-0.05, 0) is 31.2 Å². The normalized spacial score (nSPS) is 11.8. The molecule has 32 heavy (non-hydrogen) atoms. The van der Waals surface area contributed by atoms with Crippen LogP contribution >= 0.6 is 0 Å². The van der Waals surface area contributed by atoms with E-state index in [0.29, 0.717) is 11.5 Å². The Hall–Kier alpha value is -4.14. The molecule has 0 radical (unpaired) electrons. The lowest BCUT2D eigenvalue weighted by Gasteiger charge is -2.07. The molecule has 2 aromatic heterocycles. The maximum Gasteiger partial charge on any atom is 0.416 e. The maximum atomic E-state index is 12.9. The van der Waals surface area contributed by atoms with Gasteiger partial charge in [0.15, 0.2) is 0 Å². The number of rotatable bonds is 5. The number of hydrazone groups is 1. The van der Waals surface area contributed by atoms with Gasteiger partial charge in [0.05, 0.1) is 11.8 Å². The predicted molar refractivity (Wildman–Crippen MR) is 111 cm³/mol. The van der Waals surface area contributed by atoms with Gasteiger partial charge in [-0.3, -0.25) is 4.79 Å². The molecule has 0 saturated carbocycles. The number of furan rings is 1. The topological polar surface area (TPSA) is 80.6 Å². The Morgan fingerprint density at radius 3 is 2.53 bits per heavy atom. The number of nitrogens with zero attached hydrogens (tertiary/aromatic N) is 2. The van der Waals surface area contributed by atoms with E-state index in [4.69, 9.17) is 8.94 Å². The number of hydrogen-bond donors (Lipinski definition) is 1. The van der Waals surface area contributed by atoms with Crippen molar-refractivity contribution < 1.29 is 26.9 Å². The van der Waals surface area contributed by atoms with E-state index in [1.807, 2.05) is 18.2 Å². The molecule has 2 heterocycles. The molecule has 0 spiro atoms. The number of aromatic nitrogens is 1. The molecule has 0 atom stereocenters. The van der Waals surface area contributed by atoms with Crippen LogP contribution in [0.3, 0.4) is 0 Å². The Morgan fingerprint density at radius 2 is 1.78 bits per heavy atom. The molecule has 0 fully saturated rings. The zero-order valence-electron chi connectivity index (χ0n) is 16.7. The average Bonchev–Trinajstić information content (AvgIpc) is 3.40. The Balaban J connectivity index is 1.48. The van der Waals surface area contributed by atoms with E-state index in [9.17, 15) is 18.0 Å². The minimum absolute atomic E-state index is 0.241. The van der Waals surface area contributed by atoms with Crippen LogP contribution in [-0.2, 0) is 6.18 Å². The molecule has 0 unspecified atom stereocenters. The molecule has 2 aromatic carbocycles. The minimum Gasteiger partial charge on any atom is -0.455 e. The second-order valence-electron chi connectivity index (χ2n) is 6.81. The second kappa shape index (κ2) is 8.54. The summed E-state index contributed by atoms with van der Waals surface area (Å²) in [6.07, 6.45) is -3.20. The van der Waals surface area contributed by atoms with Gasteiger partial charge in [-0.15, -0.1) is 0 Å². The SMILES string of the molecule is Cc1onc(-c2ccccc2)c1C(=O)N/N=C/c1ccc(-c2cccc(C(F)(F)F)c2)o1. The van der Waals surface area contributed by atoms with Gasteiger partial charge >= 0.3 is 6.18 Å². The highest BCUT2D eigenvalue weighted by molar-refractivity contribution is 6.01. The smallest absolute Gasteiger partial charge is 0.416 e. The first-order chi connectivity index (χ1) is 15.3. The number of halogens is 3. The first-order valence-corrected chi connectivity index (χ1v) is 9.45. The van der Waals surface area contributed by atoms with E-state index in [-0.39, 0.29) is 22.6 Å². The van der Waals surface area contributed by atoms with Crippen molar-refractivity contribution in [1.29, 1.82) is 0 Å². The van der Waals surface area contributed by atoms with Crippen molar-refractivity contribution in [2.75, 3.05) is 0 Å². The number of aryl methyl sites for hydroxylation is 1. The van der Waals surface area contributed by atoms with Crippen LogP contribution in [0.4, 0.5) is 13.2 Å². The fourth-order valence-electron chi connectivity index (χ4n) is 3.07. The Kier molecular flexibility index (Phi) is 5.63. The summed E-state index contributed by atoms with van der Waals surface area (Å²) >= 11 is 0. The third-order valence-corrected chi connectivity index (χ3v) is 4.60. The molecule has 0 aliphatic carbocycles. The van der Waals surface area contributed by atoms with Gasteiger partial charge < -0.3 is 8.94 Å². The van der Waals surface area contributed by atoms with Crippen molar-refractivity contribution in [1.82, 2.24) is 10.6 Å². The predicted octanol–water partition coefficient (Wildman–Crippen LogP) is 5.69. The maximum absolute atomic E-state index is 12.9. The fourth-order valence-corrected chi connectivity index (χ4v) is 3.07. The number of alkyl halides is 3. The van der Waals surface area contributed by atoms with Crippen LogP contribution in [0.5, 0.6) is 0 Å². The van der Waals surface area contributed by atoms with Gasteiger partial charge in [-0.1, -0.05) is 47.6 Å². The third kappa shape index (κ3) is 4.46. The lowest BCUT2D eigenvalue weighted by atomic mass is 10.1. The molecule has 162 valence electrons. The molecule has 0 bridgehead atoms. The molecule has 4 rings (SSSR count). The second-order valence-corrected chi connectivity index (χ2v) is 6.81. The number of amides is 1. The lowest BCUT2D eigenvalue weighted by molar-refractivity contribution is -0.137. The van der Waals surface area contributed by atoms with Crippen LogP contribution in [0.2, 0.25) is 0 Å². The lowest BCUT2D eigenvalue weighted by Crippen LogP contribution is -2.18. The van der Waals surface area contributed by atoms with Crippen molar-refractivity contribution in [3.63, 3.8) is 0 Å². The van der Waals surface area contributed by atoms with E-state index < -0.39 is 17.6 Å². The summed E-state index contributed by atoms with van der Waals surface area (Å²) in [5, 5.41) is 7.82. The minimum atomic E-state index is -4.45. The molecule has 1 N–H and O–H groups in total. The molecular weight excluding hydrogens is 423 g/mol. The van der Waals surface area contributed by atoms with Gasteiger partial charge in [0.25, 0.3) is 5.91 Å². The van der Waals surface area contributed by atoms with Crippen LogP contribution < -0.4 is 5.43 Å². The summed E-state index contributed by atoms with van der Waals surface area (Å²) in [4.78, 5) is 12.6. The van der Waals surface area contributed by atoms with Crippen LogP contribution in [0.25, 0.3) is 22.6 Å². The standard InChI is InChI=1S/C23H16F3N3O3/c1-14-20(21(29-32-14)15-6-3-2-4-7-15)22(30)28-27-13-18-10-11-19(31-18)16-8-5-9-17(12-16)23(24,25)26/h2-13H,1H3,(H,28,30)/b27-13+. The molecule has 1 amide bonds. The Labute approximate surface area is 180 Å². The summed E-state index contributed by atoms with van der Waals surface area (Å²) in [5.41, 5.74) is 3.24. The monoisotopic (exact) mass is 439 g/mol. The van der Waals surface area contributed by atoms with Gasteiger partial charge in [0, 0.05) is 11.1 Å². The number of nitrogens with one attached hydrogen (secondary N) is 1. The zero-order valence-corrected chi connectivity index (χ0v) is 16.7. The number of hydrogen-bond acceptors (Lipinski definition) is 5. The number of benzene rings is 2. The molecule has 6 nitrogen and oxygen atoms in total. The van der Waals surface area contributed by atoms with Gasteiger partial charge in [0.1, 0.15) is 28.5 Å². The van der Waals surface area contributed by atoms with Crippen LogP contribution in [-0.4, -0.2) is 17.3 Å². The Morgan fingerprint density at radius 1 is 1.03 bits per heavy atom. The highest BCUT2D eigenvalue weighted by atomic mass is 19.4. The zero-order chi connectivity index (χ0) is 22.7. The number of carbonyl (C=O) groups excluding carboxylic acids is 1. The molecule has 0 aliphatic rings. The van der Waals surface area contributed by atoms with E-state index in [0.717, 1.165) is 17.7 Å². The molecule has 0 saturated heterocycles. The van der Waals surface area contributed by atoms with Crippen LogP contribution in [0.1, 0.15) is 27.4 Å². The average molecular weight is 439 g/mol.